The monoisotopic (exact) mass is 264 g/mol. The number of ketones is 1. The lowest BCUT2D eigenvalue weighted by Crippen LogP contribution is -2.02. The van der Waals surface area contributed by atoms with Crippen molar-refractivity contribution in [3.05, 3.63) is 51.9 Å². The molecule has 0 unspecified atom stereocenters. The van der Waals surface area contributed by atoms with Gasteiger partial charge in [-0.3, -0.25) is 4.79 Å². The smallest absolute Gasteiger partial charge is 0.196 e. The fourth-order valence-corrected chi connectivity index (χ4v) is 2.01. The third kappa shape index (κ3) is 2.27. The number of hydrogen-bond donors (Lipinski definition) is 0. The molecule has 3 nitrogen and oxygen atoms in total. The summed E-state index contributed by atoms with van der Waals surface area (Å²) in [6, 6.07) is 6.69. The van der Waals surface area contributed by atoms with Gasteiger partial charge < -0.3 is 9.15 Å². The van der Waals surface area contributed by atoms with E-state index in [0.717, 1.165) is 5.76 Å². The summed E-state index contributed by atoms with van der Waals surface area (Å²) in [7, 11) is 1.52. The molecule has 0 aliphatic carbocycles. The van der Waals surface area contributed by atoms with E-state index in [1.54, 1.807) is 31.2 Å². The van der Waals surface area contributed by atoms with Crippen molar-refractivity contribution in [2.45, 2.75) is 13.8 Å². The van der Waals surface area contributed by atoms with Gasteiger partial charge in [0.1, 0.15) is 17.3 Å². The van der Waals surface area contributed by atoms with E-state index in [2.05, 4.69) is 0 Å². The van der Waals surface area contributed by atoms with E-state index in [1.165, 1.54) is 7.11 Å². The second kappa shape index (κ2) is 4.86. The lowest BCUT2D eigenvalue weighted by Gasteiger charge is -2.05. The first-order valence-electron chi connectivity index (χ1n) is 5.48. The summed E-state index contributed by atoms with van der Waals surface area (Å²) in [5.41, 5.74) is 1.09. The van der Waals surface area contributed by atoms with Crippen molar-refractivity contribution in [3.63, 3.8) is 0 Å². The number of hydrogen-bond acceptors (Lipinski definition) is 3. The molecule has 0 spiro atoms. The fraction of sp³-hybridized carbons (Fsp3) is 0.214. The van der Waals surface area contributed by atoms with Crippen molar-refractivity contribution >= 4 is 17.4 Å². The van der Waals surface area contributed by atoms with Gasteiger partial charge in [0.05, 0.1) is 17.7 Å². The van der Waals surface area contributed by atoms with E-state index in [1.807, 2.05) is 6.92 Å². The zero-order chi connectivity index (χ0) is 13.3. The van der Waals surface area contributed by atoms with E-state index >= 15 is 0 Å². The number of methoxy groups -OCH3 is 1. The van der Waals surface area contributed by atoms with Gasteiger partial charge >= 0.3 is 0 Å². The van der Waals surface area contributed by atoms with Gasteiger partial charge in [0.2, 0.25) is 0 Å². The van der Waals surface area contributed by atoms with Crippen molar-refractivity contribution in [1.82, 2.24) is 0 Å². The number of carbonyl (C=O) groups excluding carboxylic acids is 1. The molecule has 0 saturated heterocycles. The number of ether oxygens (including phenoxy) is 1. The van der Waals surface area contributed by atoms with Crippen molar-refractivity contribution in [1.29, 1.82) is 0 Å². The molecule has 1 aromatic heterocycles. The standard InChI is InChI=1S/C14H13ClO3/c1-8-6-11(9(2)18-8)14(16)10-4-5-12(15)13(7-10)17-3/h4-7H,1-3H3. The second-order valence-corrected chi connectivity index (χ2v) is 4.41. The first kappa shape index (κ1) is 12.7. The number of rotatable bonds is 3. The molecule has 2 rings (SSSR count). The average molecular weight is 265 g/mol. The molecule has 1 aromatic carbocycles. The predicted octanol–water partition coefficient (Wildman–Crippen LogP) is 3.79. The summed E-state index contributed by atoms with van der Waals surface area (Å²) >= 11 is 5.93. The van der Waals surface area contributed by atoms with Crippen LogP contribution in [-0.2, 0) is 0 Å². The summed E-state index contributed by atoms with van der Waals surface area (Å²) in [6.07, 6.45) is 0. The Morgan fingerprint density at radius 3 is 2.56 bits per heavy atom. The van der Waals surface area contributed by atoms with Gasteiger partial charge in [-0.2, -0.15) is 0 Å². The third-order valence-corrected chi connectivity index (χ3v) is 3.01. The number of halogens is 1. The predicted molar refractivity (Wildman–Crippen MR) is 69.6 cm³/mol. The van der Waals surface area contributed by atoms with Crippen LogP contribution in [0.1, 0.15) is 27.4 Å². The Bertz CT molecular complexity index is 599. The lowest BCUT2D eigenvalue weighted by molar-refractivity contribution is 0.103. The fourth-order valence-electron chi connectivity index (χ4n) is 1.81. The van der Waals surface area contributed by atoms with Crippen LogP contribution in [-0.4, -0.2) is 12.9 Å². The zero-order valence-electron chi connectivity index (χ0n) is 10.4. The third-order valence-electron chi connectivity index (χ3n) is 2.70. The summed E-state index contributed by atoms with van der Waals surface area (Å²) in [4.78, 5) is 12.3. The molecule has 0 saturated carbocycles. The Balaban J connectivity index is 2.43. The van der Waals surface area contributed by atoms with Crippen LogP contribution in [0.2, 0.25) is 5.02 Å². The number of carbonyl (C=O) groups is 1. The zero-order valence-corrected chi connectivity index (χ0v) is 11.2. The molecule has 0 radical (unpaired) electrons. The molecule has 0 aliphatic heterocycles. The molecule has 0 atom stereocenters. The van der Waals surface area contributed by atoms with Crippen LogP contribution in [0, 0.1) is 13.8 Å². The maximum atomic E-state index is 12.3. The highest BCUT2D eigenvalue weighted by atomic mass is 35.5. The van der Waals surface area contributed by atoms with Gasteiger partial charge in [0, 0.05) is 5.56 Å². The summed E-state index contributed by atoms with van der Waals surface area (Å²) < 4.78 is 10.5. The van der Waals surface area contributed by atoms with E-state index in [4.69, 9.17) is 20.8 Å². The van der Waals surface area contributed by atoms with Crippen LogP contribution in [0.25, 0.3) is 0 Å². The van der Waals surface area contributed by atoms with E-state index in [0.29, 0.717) is 27.7 Å². The quantitative estimate of drug-likeness (QED) is 0.792. The summed E-state index contributed by atoms with van der Waals surface area (Å²) in [5.74, 6) is 1.72. The van der Waals surface area contributed by atoms with Crippen molar-refractivity contribution in [2.24, 2.45) is 0 Å². The van der Waals surface area contributed by atoms with Crippen molar-refractivity contribution in [2.75, 3.05) is 7.11 Å². The Labute approximate surface area is 110 Å². The molecule has 94 valence electrons. The van der Waals surface area contributed by atoms with Crippen LogP contribution >= 0.6 is 11.6 Å². The lowest BCUT2D eigenvalue weighted by atomic mass is 10.0. The highest BCUT2D eigenvalue weighted by Gasteiger charge is 2.16. The highest BCUT2D eigenvalue weighted by Crippen LogP contribution is 2.27. The van der Waals surface area contributed by atoms with Crippen LogP contribution in [0.3, 0.4) is 0 Å². The number of furan rings is 1. The van der Waals surface area contributed by atoms with Gasteiger partial charge in [0.25, 0.3) is 0 Å². The molecule has 0 bridgehead atoms. The Morgan fingerprint density at radius 2 is 2.00 bits per heavy atom. The Kier molecular flexibility index (Phi) is 3.43. The van der Waals surface area contributed by atoms with Crippen LogP contribution in [0.4, 0.5) is 0 Å². The first-order valence-corrected chi connectivity index (χ1v) is 5.86. The molecule has 0 amide bonds. The van der Waals surface area contributed by atoms with Gasteiger partial charge in [0.15, 0.2) is 5.78 Å². The highest BCUT2D eigenvalue weighted by molar-refractivity contribution is 6.32. The molecule has 4 heteroatoms. The van der Waals surface area contributed by atoms with Gasteiger partial charge in [-0.05, 0) is 38.1 Å². The van der Waals surface area contributed by atoms with Crippen LogP contribution < -0.4 is 4.74 Å². The largest absolute Gasteiger partial charge is 0.495 e. The molecule has 1 heterocycles. The minimum absolute atomic E-state index is 0.0979. The van der Waals surface area contributed by atoms with Gasteiger partial charge in [-0.1, -0.05) is 11.6 Å². The molecule has 2 aromatic rings. The Morgan fingerprint density at radius 1 is 1.28 bits per heavy atom. The van der Waals surface area contributed by atoms with E-state index in [-0.39, 0.29) is 5.78 Å². The molecule has 0 fully saturated rings. The Hall–Kier alpha value is -1.74. The molecule has 0 aliphatic rings. The molecule has 18 heavy (non-hydrogen) atoms. The number of benzene rings is 1. The van der Waals surface area contributed by atoms with Gasteiger partial charge in [-0.15, -0.1) is 0 Å². The maximum Gasteiger partial charge on any atom is 0.196 e. The number of aryl methyl sites for hydroxylation is 2. The van der Waals surface area contributed by atoms with E-state index < -0.39 is 0 Å². The molecular formula is C14H13ClO3. The summed E-state index contributed by atoms with van der Waals surface area (Å²) in [6.45, 7) is 3.58. The van der Waals surface area contributed by atoms with Crippen molar-refractivity contribution < 1.29 is 13.9 Å². The maximum absolute atomic E-state index is 12.3. The molecular weight excluding hydrogens is 252 g/mol. The average Bonchev–Trinajstić information content (AvgIpc) is 2.68. The topological polar surface area (TPSA) is 39.4 Å². The van der Waals surface area contributed by atoms with Crippen LogP contribution in [0.15, 0.2) is 28.7 Å². The molecule has 0 N–H and O–H groups in total. The minimum atomic E-state index is -0.0979. The SMILES string of the molecule is COc1cc(C(=O)c2cc(C)oc2C)ccc1Cl. The van der Waals surface area contributed by atoms with Crippen molar-refractivity contribution in [3.8, 4) is 5.75 Å². The normalized spacial score (nSPS) is 10.4. The van der Waals surface area contributed by atoms with E-state index in [9.17, 15) is 4.79 Å². The minimum Gasteiger partial charge on any atom is -0.495 e. The van der Waals surface area contributed by atoms with Gasteiger partial charge in [-0.25, -0.2) is 0 Å². The summed E-state index contributed by atoms with van der Waals surface area (Å²) in [5, 5.41) is 0.481. The second-order valence-electron chi connectivity index (χ2n) is 4.01. The first-order chi connectivity index (χ1) is 8.52. The van der Waals surface area contributed by atoms with Crippen LogP contribution in [0.5, 0.6) is 5.75 Å².